The Morgan fingerprint density at radius 2 is 1.94 bits per heavy atom. The van der Waals surface area contributed by atoms with Crippen molar-refractivity contribution in [2.24, 2.45) is 0 Å². The Hall–Kier alpha value is -3.32. The number of aryl methyl sites for hydroxylation is 1. The lowest BCUT2D eigenvalue weighted by Crippen LogP contribution is -2.48. The number of anilines is 1. The first kappa shape index (κ1) is 21.9. The molecule has 2 aromatic carbocycles. The minimum Gasteiger partial charge on any atom is -0.497 e. The van der Waals surface area contributed by atoms with E-state index in [9.17, 15) is 4.79 Å². The van der Waals surface area contributed by atoms with Gasteiger partial charge in [-0.2, -0.15) is 0 Å². The Balaban J connectivity index is 1.34. The summed E-state index contributed by atoms with van der Waals surface area (Å²) in [4.78, 5) is 21.4. The van der Waals surface area contributed by atoms with Gasteiger partial charge in [0, 0.05) is 55.0 Å². The fraction of sp³-hybridized carbons (Fsp3) is 0.280. The molecule has 7 heteroatoms. The molecule has 6 nitrogen and oxygen atoms in total. The maximum absolute atomic E-state index is 12.8. The number of nitrogens with zero attached hydrogens (tertiary/aromatic N) is 3. The molecule has 1 amide bonds. The molecule has 2 heterocycles. The molecule has 1 aromatic heterocycles. The van der Waals surface area contributed by atoms with Crippen LogP contribution in [-0.2, 0) is 11.4 Å². The second-order valence-electron chi connectivity index (χ2n) is 7.53. The Morgan fingerprint density at radius 1 is 1.12 bits per heavy atom. The lowest BCUT2D eigenvalue weighted by molar-refractivity contribution is -0.126. The maximum Gasteiger partial charge on any atom is 0.246 e. The van der Waals surface area contributed by atoms with Crippen molar-refractivity contribution in [3.8, 4) is 11.5 Å². The van der Waals surface area contributed by atoms with E-state index in [2.05, 4.69) is 16.0 Å². The number of benzene rings is 2. The van der Waals surface area contributed by atoms with Crippen LogP contribution in [0.1, 0.15) is 16.3 Å². The van der Waals surface area contributed by atoms with Crippen molar-refractivity contribution in [2.75, 3.05) is 38.2 Å². The first-order chi connectivity index (χ1) is 15.6. The predicted octanol–water partition coefficient (Wildman–Crippen LogP) is 4.40. The molecule has 0 bridgehead atoms. The van der Waals surface area contributed by atoms with Crippen LogP contribution in [0.15, 0.2) is 60.0 Å². The molecule has 0 aliphatic carbocycles. The van der Waals surface area contributed by atoms with Gasteiger partial charge in [-0.1, -0.05) is 24.3 Å². The van der Waals surface area contributed by atoms with E-state index in [1.807, 2.05) is 65.7 Å². The van der Waals surface area contributed by atoms with E-state index in [-0.39, 0.29) is 5.91 Å². The Labute approximate surface area is 192 Å². The third-order valence-corrected chi connectivity index (χ3v) is 6.20. The normalized spacial score (nSPS) is 14.1. The number of amides is 1. The summed E-state index contributed by atoms with van der Waals surface area (Å²) in [5.41, 5.74) is 2.91. The number of carbonyl (C=O) groups excluding carboxylic acids is 1. The molecule has 0 radical (unpaired) electrons. The van der Waals surface area contributed by atoms with Crippen molar-refractivity contribution in [1.29, 1.82) is 0 Å². The minimum atomic E-state index is 0.0141. The van der Waals surface area contributed by atoms with Gasteiger partial charge in [-0.3, -0.25) is 4.79 Å². The molecule has 1 fully saturated rings. The number of hydrogen-bond acceptors (Lipinski definition) is 6. The number of rotatable bonds is 7. The van der Waals surface area contributed by atoms with Crippen molar-refractivity contribution < 1.29 is 14.3 Å². The molecule has 166 valence electrons. The zero-order valence-corrected chi connectivity index (χ0v) is 19.2. The highest BCUT2D eigenvalue weighted by Crippen LogP contribution is 2.23. The van der Waals surface area contributed by atoms with Crippen molar-refractivity contribution >= 4 is 29.0 Å². The number of ether oxygens (including phenoxy) is 2. The summed E-state index contributed by atoms with van der Waals surface area (Å²) in [6.45, 7) is 5.34. The second kappa shape index (κ2) is 10.3. The monoisotopic (exact) mass is 449 g/mol. The van der Waals surface area contributed by atoms with E-state index < -0.39 is 0 Å². The molecule has 0 N–H and O–H groups in total. The van der Waals surface area contributed by atoms with Gasteiger partial charge in [-0.05, 0) is 31.2 Å². The van der Waals surface area contributed by atoms with Gasteiger partial charge >= 0.3 is 0 Å². The van der Waals surface area contributed by atoms with Gasteiger partial charge in [0.2, 0.25) is 5.91 Å². The van der Waals surface area contributed by atoms with Crippen LogP contribution in [-0.4, -0.2) is 49.1 Å². The molecule has 0 unspecified atom stereocenters. The van der Waals surface area contributed by atoms with Crippen molar-refractivity contribution in [2.45, 2.75) is 13.5 Å². The third-order valence-electron chi connectivity index (χ3n) is 5.38. The lowest BCUT2D eigenvalue weighted by Gasteiger charge is -2.35. The minimum absolute atomic E-state index is 0.0141. The second-order valence-corrected chi connectivity index (χ2v) is 8.59. The first-order valence-electron chi connectivity index (χ1n) is 10.6. The maximum atomic E-state index is 12.8. The van der Waals surface area contributed by atoms with Gasteiger partial charge in [0.05, 0.1) is 17.8 Å². The summed E-state index contributed by atoms with van der Waals surface area (Å²) in [6.07, 6.45) is 3.47. The molecule has 4 rings (SSSR count). The zero-order chi connectivity index (χ0) is 22.3. The van der Waals surface area contributed by atoms with Crippen LogP contribution in [0.25, 0.3) is 6.08 Å². The molecule has 0 atom stereocenters. The summed E-state index contributed by atoms with van der Waals surface area (Å²) in [6, 6.07) is 15.8. The number of piperazine rings is 1. The number of hydrogen-bond donors (Lipinski definition) is 0. The average Bonchev–Trinajstić information content (AvgIpc) is 3.27. The number of thiazole rings is 1. The number of methoxy groups -OCH3 is 1. The standard InChI is InChI=1S/C25H27N3O3S/c1-19-26-21(18-32-19)17-31-24-9-4-3-6-20(24)10-11-25(29)28-14-12-27(13-15-28)22-7-5-8-23(16-22)30-2/h3-11,16,18H,12-15,17H2,1-2H3/b11-10+. The summed E-state index contributed by atoms with van der Waals surface area (Å²) >= 11 is 1.61. The molecule has 1 saturated heterocycles. The average molecular weight is 450 g/mol. The summed E-state index contributed by atoms with van der Waals surface area (Å²) in [5.74, 6) is 1.60. The van der Waals surface area contributed by atoms with Gasteiger partial charge < -0.3 is 19.3 Å². The molecule has 1 aliphatic heterocycles. The highest BCUT2D eigenvalue weighted by molar-refractivity contribution is 7.09. The van der Waals surface area contributed by atoms with Crippen LogP contribution < -0.4 is 14.4 Å². The summed E-state index contributed by atoms with van der Waals surface area (Å²) < 4.78 is 11.3. The van der Waals surface area contributed by atoms with Gasteiger partial charge in [-0.15, -0.1) is 11.3 Å². The summed E-state index contributed by atoms with van der Waals surface area (Å²) in [5, 5.41) is 3.02. The molecule has 0 saturated carbocycles. The van der Waals surface area contributed by atoms with Crippen molar-refractivity contribution in [3.63, 3.8) is 0 Å². The fourth-order valence-electron chi connectivity index (χ4n) is 3.63. The van der Waals surface area contributed by atoms with Crippen LogP contribution in [0.4, 0.5) is 5.69 Å². The Morgan fingerprint density at radius 3 is 2.69 bits per heavy atom. The Kier molecular flexibility index (Phi) is 7.07. The molecule has 1 aliphatic rings. The molecule has 0 spiro atoms. The van der Waals surface area contributed by atoms with E-state index in [4.69, 9.17) is 9.47 Å². The molecular weight excluding hydrogens is 422 g/mol. The third kappa shape index (κ3) is 5.48. The zero-order valence-electron chi connectivity index (χ0n) is 18.4. The number of carbonyl (C=O) groups is 1. The molecule has 32 heavy (non-hydrogen) atoms. The first-order valence-corrected chi connectivity index (χ1v) is 11.5. The largest absolute Gasteiger partial charge is 0.497 e. The van der Waals surface area contributed by atoms with Gasteiger partial charge in [0.25, 0.3) is 0 Å². The van der Waals surface area contributed by atoms with Crippen molar-refractivity contribution in [1.82, 2.24) is 9.88 Å². The number of para-hydroxylation sites is 1. The van der Waals surface area contributed by atoms with Crippen LogP contribution >= 0.6 is 11.3 Å². The SMILES string of the molecule is COc1cccc(N2CCN(C(=O)/C=C/c3ccccc3OCc3csc(C)n3)CC2)c1. The summed E-state index contributed by atoms with van der Waals surface area (Å²) in [7, 11) is 1.67. The van der Waals surface area contributed by atoms with Gasteiger partial charge in [0.1, 0.15) is 18.1 Å². The topological polar surface area (TPSA) is 54.9 Å². The molecule has 3 aromatic rings. The van der Waals surface area contributed by atoms with E-state index in [1.54, 1.807) is 24.5 Å². The smallest absolute Gasteiger partial charge is 0.246 e. The van der Waals surface area contributed by atoms with Crippen LogP contribution in [0, 0.1) is 6.92 Å². The van der Waals surface area contributed by atoms with E-state index in [1.165, 1.54) is 0 Å². The van der Waals surface area contributed by atoms with Crippen LogP contribution in [0.3, 0.4) is 0 Å². The molecular formula is C25H27N3O3S. The highest BCUT2D eigenvalue weighted by atomic mass is 32.1. The van der Waals surface area contributed by atoms with E-state index in [0.717, 1.165) is 46.5 Å². The van der Waals surface area contributed by atoms with E-state index >= 15 is 0 Å². The van der Waals surface area contributed by atoms with Gasteiger partial charge in [-0.25, -0.2) is 4.98 Å². The quantitative estimate of drug-likeness (QED) is 0.501. The van der Waals surface area contributed by atoms with E-state index in [0.29, 0.717) is 19.7 Å². The van der Waals surface area contributed by atoms with Crippen LogP contribution in [0.5, 0.6) is 11.5 Å². The van der Waals surface area contributed by atoms with Crippen LogP contribution in [0.2, 0.25) is 0 Å². The Bertz CT molecular complexity index is 1090. The predicted molar refractivity (Wildman–Crippen MR) is 128 cm³/mol. The van der Waals surface area contributed by atoms with Crippen molar-refractivity contribution in [3.05, 3.63) is 76.3 Å². The fourth-order valence-corrected chi connectivity index (χ4v) is 4.23. The highest BCUT2D eigenvalue weighted by Gasteiger charge is 2.20. The lowest BCUT2D eigenvalue weighted by atomic mass is 10.1. The number of aromatic nitrogens is 1. The van der Waals surface area contributed by atoms with Gasteiger partial charge in [0.15, 0.2) is 0 Å².